The van der Waals surface area contributed by atoms with Gasteiger partial charge in [0.25, 0.3) is 5.91 Å². The molecule has 4 aromatic rings. The molecule has 114 valence electrons. The van der Waals surface area contributed by atoms with E-state index >= 15 is 0 Å². The smallest absolute Gasteiger partial charge is 0.251 e. The third kappa shape index (κ3) is 2.24. The Morgan fingerprint density at radius 1 is 1.22 bits per heavy atom. The summed E-state index contributed by atoms with van der Waals surface area (Å²) in [6.07, 6.45) is 2.01. The van der Waals surface area contributed by atoms with E-state index in [9.17, 15) is 4.79 Å². The zero-order chi connectivity index (χ0) is 16.0. The highest BCUT2D eigenvalue weighted by Crippen LogP contribution is 2.30. The van der Waals surface area contributed by atoms with Crippen LogP contribution in [0.2, 0.25) is 0 Å². The van der Waals surface area contributed by atoms with Crippen molar-refractivity contribution in [1.82, 2.24) is 14.7 Å². The molecular weight excluding hydrogens is 308 g/mol. The number of nitrogens with two attached hydrogens (primary N) is 1. The van der Waals surface area contributed by atoms with Crippen LogP contribution in [0.4, 0.5) is 5.69 Å². The molecule has 2 heterocycles. The molecule has 0 saturated heterocycles. The van der Waals surface area contributed by atoms with Crippen molar-refractivity contribution in [1.29, 1.82) is 0 Å². The zero-order valence-electron chi connectivity index (χ0n) is 12.4. The lowest BCUT2D eigenvalue weighted by Crippen LogP contribution is -2.17. The third-order valence-electron chi connectivity index (χ3n) is 3.79. The van der Waals surface area contributed by atoms with Gasteiger partial charge in [0.15, 0.2) is 4.96 Å². The van der Waals surface area contributed by atoms with E-state index in [1.807, 2.05) is 36.5 Å². The molecule has 23 heavy (non-hydrogen) atoms. The molecule has 6 heteroatoms. The Balaban J connectivity index is 1.78. The fourth-order valence-electron chi connectivity index (χ4n) is 2.59. The molecule has 0 aliphatic carbocycles. The van der Waals surface area contributed by atoms with Crippen molar-refractivity contribution >= 4 is 38.1 Å². The summed E-state index contributed by atoms with van der Waals surface area (Å²) in [7, 11) is 1.62. The summed E-state index contributed by atoms with van der Waals surface area (Å²) in [5, 5.41) is 2.62. The molecule has 0 spiro atoms. The quantitative estimate of drug-likeness (QED) is 0.557. The van der Waals surface area contributed by atoms with Crippen molar-refractivity contribution in [3.05, 3.63) is 54.2 Å². The summed E-state index contributed by atoms with van der Waals surface area (Å²) in [6, 6.07) is 13.3. The van der Waals surface area contributed by atoms with Crippen LogP contribution in [0, 0.1) is 0 Å². The molecular formula is C17H14N4OS. The Kier molecular flexibility index (Phi) is 3.06. The van der Waals surface area contributed by atoms with E-state index in [1.165, 1.54) is 0 Å². The van der Waals surface area contributed by atoms with E-state index in [1.54, 1.807) is 30.5 Å². The van der Waals surface area contributed by atoms with Crippen LogP contribution in [-0.2, 0) is 0 Å². The van der Waals surface area contributed by atoms with Gasteiger partial charge in [-0.1, -0.05) is 23.5 Å². The lowest BCUT2D eigenvalue weighted by molar-refractivity contribution is 0.0963. The fraction of sp³-hybridized carbons (Fsp3) is 0.0588. The highest BCUT2D eigenvalue weighted by Gasteiger charge is 2.11. The van der Waals surface area contributed by atoms with Gasteiger partial charge in [0.1, 0.15) is 0 Å². The van der Waals surface area contributed by atoms with Gasteiger partial charge in [-0.2, -0.15) is 0 Å². The van der Waals surface area contributed by atoms with Crippen LogP contribution >= 0.6 is 11.3 Å². The Morgan fingerprint density at radius 3 is 2.74 bits per heavy atom. The van der Waals surface area contributed by atoms with Gasteiger partial charge in [-0.25, -0.2) is 4.98 Å². The van der Waals surface area contributed by atoms with Gasteiger partial charge in [0.2, 0.25) is 0 Å². The molecule has 0 atom stereocenters. The van der Waals surface area contributed by atoms with Gasteiger partial charge < -0.3 is 11.1 Å². The third-order valence-corrected chi connectivity index (χ3v) is 4.81. The summed E-state index contributed by atoms with van der Waals surface area (Å²) in [5.74, 6) is -0.0917. The van der Waals surface area contributed by atoms with E-state index in [2.05, 4.69) is 14.7 Å². The predicted octanol–water partition coefficient (Wildman–Crippen LogP) is 3.16. The monoisotopic (exact) mass is 322 g/mol. The van der Waals surface area contributed by atoms with Gasteiger partial charge in [-0.05, 0) is 30.3 Å². The Labute approximate surface area is 136 Å². The summed E-state index contributed by atoms with van der Waals surface area (Å²) >= 11 is 1.61. The van der Waals surface area contributed by atoms with Crippen LogP contribution in [0.1, 0.15) is 10.4 Å². The molecule has 0 saturated carbocycles. The van der Waals surface area contributed by atoms with Gasteiger partial charge in [0, 0.05) is 30.1 Å². The highest BCUT2D eigenvalue weighted by atomic mass is 32.1. The summed E-state index contributed by atoms with van der Waals surface area (Å²) < 4.78 is 3.19. The topological polar surface area (TPSA) is 72.4 Å². The summed E-state index contributed by atoms with van der Waals surface area (Å²) in [4.78, 5) is 17.2. The number of nitrogen functional groups attached to an aromatic ring is 1. The molecule has 0 unspecified atom stereocenters. The minimum atomic E-state index is -0.0917. The molecule has 2 aromatic heterocycles. The number of hydrogen-bond donors (Lipinski definition) is 2. The maximum absolute atomic E-state index is 11.6. The average Bonchev–Trinajstić information content (AvgIpc) is 3.11. The zero-order valence-corrected chi connectivity index (χ0v) is 13.2. The second kappa shape index (κ2) is 5.10. The van der Waals surface area contributed by atoms with Crippen LogP contribution in [0.25, 0.3) is 26.4 Å². The van der Waals surface area contributed by atoms with Crippen molar-refractivity contribution < 1.29 is 4.79 Å². The summed E-state index contributed by atoms with van der Waals surface area (Å²) in [6.45, 7) is 0. The number of nitrogens with zero attached hydrogens (tertiary/aromatic N) is 2. The van der Waals surface area contributed by atoms with E-state index in [4.69, 9.17) is 5.73 Å². The minimum absolute atomic E-state index is 0.0917. The van der Waals surface area contributed by atoms with Crippen molar-refractivity contribution in [3.63, 3.8) is 0 Å². The Bertz CT molecular complexity index is 1030. The van der Waals surface area contributed by atoms with E-state index in [0.29, 0.717) is 5.56 Å². The molecule has 0 aliphatic heterocycles. The molecule has 0 radical (unpaired) electrons. The molecule has 0 fully saturated rings. The molecule has 4 rings (SSSR count). The van der Waals surface area contributed by atoms with Crippen molar-refractivity contribution in [3.8, 4) is 11.3 Å². The van der Waals surface area contributed by atoms with Crippen LogP contribution in [0.3, 0.4) is 0 Å². The predicted molar refractivity (Wildman–Crippen MR) is 93.8 cm³/mol. The van der Waals surface area contributed by atoms with Crippen molar-refractivity contribution in [2.45, 2.75) is 0 Å². The van der Waals surface area contributed by atoms with Crippen LogP contribution in [0.15, 0.2) is 48.7 Å². The number of carbonyl (C=O) groups is 1. The Morgan fingerprint density at radius 2 is 2.00 bits per heavy atom. The molecule has 0 aliphatic rings. The first kappa shape index (κ1) is 13.8. The first-order valence-electron chi connectivity index (χ1n) is 7.15. The minimum Gasteiger partial charge on any atom is -0.399 e. The molecule has 5 nitrogen and oxygen atoms in total. The van der Waals surface area contributed by atoms with Gasteiger partial charge in [0.05, 0.1) is 15.9 Å². The maximum Gasteiger partial charge on any atom is 0.251 e. The normalized spacial score (nSPS) is 11.2. The number of thiazole rings is 1. The van der Waals surface area contributed by atoms with Gasteiger partial charge in [-0.15, -0.1) is 0 Å². The number of hydrogen-bond acceptors (Lipinski definition) is 4. The number of carbonyl (C=O) groups excluding carboxylic acids is 1. The van der Waals surface area contributed by atoms with Crippen molar-refractivity contribution in [2.75, 3.05) is 12.8 Å². The number of anilines is 1. The number of rotatable bonds is 2. The SMILES string of the molecule is CNC(=O)c1ccc(-c2cn3c(n2)sc2cc(N)ccc23)cc1. The molecule has 1 amide bonds. The summed E-state index contributed by atoms with van der Waals surface area (Å²) in [5.41, 5.74) is 10.2. The van der Waals surface area contributed by atoms with Crippen molar-refractivity contribution in [2.24, 2.45) is 0 Å². The van der Waals surface area contributed by atoms with Gasteiger partial charge in [-0.3, -0.25) is 9.20 Å². The lowest BCUT2D eigenvalue weighted by atomic mass is 10.1. The van der Waals surface area contributed by atoms with Crippen LogP contribution < -0.4 is 11.1 Å². The number of imidazole rings is 1. The Hall–Kier alpha value is -2.86. The molecule has 3 N–H and O–H groups in total. The van der Waals surface area contributed by atoms with E-state index < -0.39 is 0 Å². The van der Waals surface area contributed by atoms with Crippen LogP contribution in [0.5, 0.6) is 0 Å². The number of nitrogens with one attached hydrogen (secondary N) is 1. The first-order valence-corrected chi connectivity index (χ1v) is 7.97. The lowest BCUT2D eigenvalue weighted by Gasteiger charge is -2.01. The number of amides is 1. The average molecular weight is 322 g/mol. The second-order valence-electron chi connectivity index (χ2n) is 5.26. The number of benzene rings is 2. The molecule has 0 bridgehead atoms. The molecule has 2 aromatic carbocycles. The fourth-order valence-corrected chi connectivity index (χ4v) is 3.65. The number of fused-ring (bicyclic) bond motifs is 3. The standard InChI is InChI=1S/C17H14N4OS/c1-19-16(22)11-4-2-10(3-5-11)13-9-21-14-7-6-12(18)8-15(14)23-17(21)20-13/h2-9H,18H2,1H3,(H,19,22). The first-order chi connectivity index (χ1) is 11.2. The highest BCUT2D eigenvalue weighted by molar-refractivity contribution is 7.23. The second-order valence-corrected chi connectivity index (χ2v) is 6.27. The van der Waals surface area contributed by atoms with E-state index in [0.717, 1.165) is 32.1 Å². The van der Waals surface area contributed by atoms with Crippen LogP contribution in [-0.4, -0.2) is 22.3 Å². The van der Waals surface area contributed by atoms with Gasteiger partial charge >= 0.3 is 0 Å². The number of aromatic nitrogens is 2. The largest absolute Gasteiger partial charge is 0.399 e. The van der Waals surface area contributed by atoms with E-state index in [-0.39, 0.29) is 5.91 Å². The maximum atomic E-state index is 11.6.